The third kappa shape index (κ3) is 3.46. The van der Waals surface area contributed by atoms with Crippen molar-refractivity contribution in [3.05, 3.63) is 46.5 Å². The molecule has 1 saturated heterocycles. The van der Waals surface area contributed by atoms with Gasteiger partial charge in [-0.15, -0.1) is 11.3 Å². The molecule has 0 spiro atoms. The summed E-state index contributed by atoms with van der Waals surface area (Å²) in [7, 11) is 2.15. The number of likely N-dealkylation sites (tertiary alicyclic amines) is 1. The van der Waals surface area contributed by atoms with Gasteiger partial charge in [0, 0.05) is 32.4 Å². The lowest BCUT2D eigenvalue weighted by atomic mass is 10.0. The number of hydrogen-bond acceptors (Lipinski definition) is 4. The fourth-order valence-electron chi connectivity index (χ4n) is 3.65. The van der Waals surface area contributed by atoms with Crippen molar-refractivity contribution in [3.8, 4) is 10.6 Å². The van der Waals surface area contributed by atoms with E-state index in [4.69, 9.17) is 0 Å². The zero-order valence-electron chi connectivity index (χ0n) is 15.5. The number of amides is 1. The molecule has 26 heavy (non-hydrogen) atoms. The van der Waals surface area contributed by atoms with Crippen molar-refractivity contribution < 1.29 is 4.79 Å². The van der Waals surface area contributed by atoms with Crippen LogP contribution < -0.4 is 0 Å². The van der Waals surface area contributed by atoms with Gasteiger partial charge < -0.3 is 9.80 Å². The molecular weight excluding hydrogens is 342 g/mol. The standard InChI is InChI=1S/C21H25N3OS/c1-15-13-19(26-20(15)21(25)24-9-3-4-10-24)18-6-5-17(14-22-18)16-7-11-23(2)12-8-16/h5-7,13-14H,3-4,8-12H2,1-2H3. The van der Waals surface area contributed by atoms with Gasteiger partial charge >= 0.3 is 0 Å². The zero-order valence-corrected chi connectivity index (χ0v) is 16.3. The quantitative estimate of drug-likeness (QED) is 0.820. The van der Waals surface area contributed by atoms with Crippen LogP contribution >= 0.6 is 11.3 Å². The van der Waals surface area contributed by atoms with Crippen LogP contribution in [0.5, 0.6) is 0 Å². The van der Waals surface area contributed by atoms with Gasteiger partial charge in [0.2, 0.25) is 0 Å². The highest BCUT2D eigenvalue weighted by Gasteiger charge is 2.23. The van der Waals surface area contributed by atoms with Crippen LogP contribution in [0, 0.1) is 6.92 Å². The Hall–Kier alpha value is -1.98. The normalized spacial score (nSPS) is 18.2. The van der Waals surface area contributed by atoms with E-state index in [1.807, 2.05) is 18.0 Å². The Balaban J connectivity index is 1.54. The Morgan fingerprint density at radius 3 is 2.65 bits per heavy atom. The Morgan fingerprint density at radius 1 is 1.19 bits per heavy atom. The van der Waals surface area contributed by atoms with Crippen molar-refractivity contribution in [2.75, 3.05) is 33.2 Å². The van der Waals surface area contributed by atoms with E-state index >= 15 is 0 Å². The number of thiophene rings is 1. The minimum Gasteiger partial charge on any atom is -0.338 e. The molecule has 2 aromatic rings. The molecular formula is C21H25N3OS. The van der Waals surface area contributed by atoms with Gasteiger partial charge in [-0.05, 0) is 62.1 Å². The lowest BCUT2D eigenvalue weighted by molar-refractivity contribution is 0.0797. The largest absolute Gasteiger partial charge is 0.338 e. The molecule has 4 rings (SSSR count). The number of pyridine rings is 1. The van der Waals surface area contributed by atoms with Crippen molar-refractivity contribution >= 4 is 22.8 Å². The zero-order chi connectivity index (χ0) is 18.1. The molecule has 0 unspecified atom stereocenters. The van der Waals surface area contributed by atoms with Crippen LogP contribution in [0.1, 0.15) is 40.1 Å². The fourth-order valence-corrected chi connectivity index (χ4v) is 4.76. The average Bonchev–Trinajstić information content (AvgIpc) is 3.32. The molecule has 2 aliphatic heterocycles. The molecule has 5 heteroatoms. The summed E-state index contributed by atoms with van der Waals surface area (Å²) in [6, 6.07) is 6.35. The molecule has 4 heterocycles. The van der Waals surface area contributed by atoms with Gasteiger partial charge in [-0.1, -0.05) is 12.1 Å². The highest BCUT2D eigenvalue weighted by atomic mass is 32.1. The van der Waals surface area contributed by atoms with E-state index in [1.165, 1.54) is 11.1 Å². The van der Waals surface area contributed by atoms with E-state index in [2.05, 4.69) is 41.2 Å². The number of rotatable bonds is 3. The van der Waals surface area contributed by atoms with Gasteiger partial charge in [0.05, 0.1) is 15.4 Å². The number of aryl methyl sites for hydroxylation is 1. The summed E-state index contributed by atoms with van der Waals surface area (Å²) in [6.45, 7) is 5.91. The highest BCUT2D eigenvalue weighted by molar-refractivity contribution is 7.17. The summed E-state index contributed by atoms with van der Waals surface area (Å²) in [5.41, 5.74) is 4.61. The van der Waals surface area contributed by atoms with Crippen molar-refractivity contribution in [1.29, 1.82) is 0 Å². The van der Waals surface area contributed by atoms with E-state index < -0.39 is 0 Å². The summed E-state index contributed by atoms with van der Waals surface area (Å²) in [5.74, 6) is 0.185. The number of nitrogens with zero attached hydrogens (tertiary/aromatic N) is 3. The summed E-state index contributed by atoms with van der Waals surface area (Å²) < 4.78 is 0. The first-order chi connectivity index (χ1) is 12.6. The van der Waals surface area contributed by atoms with Gasteiger partial charge in [0.15, 0.2) is 0 Å². The van der Waals surface area contributed by atoms with Crippen LogP contribution in [-0.4, -0.2) is 53.9 Å². The third-order valence-electron chi connectivity index (χ3n) is 5.30. The Kier molecular flexibility index (Phi) is 4.92. The predicted molar refractivity (Wildman–Crippen MR) is 108 cm³/mol. The third-order valence-corrected chi connectivity index (χ3v) is 6.55. The van der Waals surface area contributed by atoms with Crippen LogP contribution in [0.15, 0.2) is 30.5 Å². The molecule has 1 amide bonds. The maximum absolute atomic E-state index is 12.7. The maximum atomic E-state index is 12.7. The van der Waals surface area contributed by atoms with Crippen LogP contribution in [-0.2, 0) is 0 Å². The lowest BCUT2D eigenvalue weighted by Crippen LogP contribution is -2.27. The number of hydrogen-bond donors (Lipinski definition) is 0. The SMILES string of the molecule is Cc1cc(-c2ccc(C3=CCN(C)CC3)cn2)sc1C(=O)N1CCCC1. The molecule has 0 aromatic carbocycles. The Morgan fingerprint density at radius 2 is 2.00 bits per heavy atom. The van der Waals surface area contributed by atoms with E-state index in [9.17, 15) is 4.79 Å². The lowest BCUT2D eigenvalue weighted by Gasteiger charge is -2.21. The van der Waals surface area contributed by atoms with Gasteiger partial charge in [-0.25, -0.2) is 0 Å². The molecule has 0 saturated carbocycles. The Labute approximate surface area is 159 Å². The molecule has 1 fully saturated rings. The summed E-state index contributed by atoms with van der Waals surface area (Å²) >= 11 is 1.57. The van der Waals surface area contributed by atoms with Gasteiger partial charge in [-0.3, -0.25) is 9.78 Å². The topological polar surface area (TPSA) is 36.4 Å². The molecule has 136 valence electrons. The minimum atomic E-state index is 0.185. The second-order valence-corrected chi connectivity index (χ2v) is 8.35. The second-order valence-electron chi connectivity index (χ2n) is 7.30. The van der Waals surface area contributed by atoms with Gasteiger partial charge in [0.25, 0.3) is 5.91 Å². The summed E-state index contributed by atoms with van der Waals surface area (Å²) in [6.07, 6.45) is 7.59. The number of carbonyl (C=O) groups excluding carboxylic acids is 1. The first kappa shape index (κ1) is 17.4. The Bertz CT molecular complexity index is 831. The number of aromatic nitrogens is 1. The molecule has 2 aromatic heterocycles. The summed E-state index contributed by atoms with van der Waals surface area (Å²) in [5, 5.41) is 0. The number of carbonyl (C=O) groups is 1. The smallest absolute Gasteiger partial charge is 0.264 e. The summed E-state index contributed by atoms with van der Waals surface area (Å²) in [4.78, 5) is 23.6. The van der Waals surface area contributed by atoms with E-state index in [0.29, 0.717) is 0 Å². The maximum Gasteiger partial charge on any atom is 0.264 e. The van der Waals surface area contributed by atoms with E-state index in [1.54, 1.807) is 11.3 Å². The molecule has 0 atom stereocenters. The minimum absolute atomic E-state index is 0.185. The van der Waals surface area contributed by atoms with Gasteiger partial charge in [0.1, 0.15) is 0 Å². The van der Waals surface area contributed by atoms with Crippen LogP contribution in [0.25, 0.3) is 16.1 Å². The van der Waals surface area contributed by atoms with Crippen LogP contribution in [0.4, 0.5) is 0 Å². The van der Waals surface area contributed by atoms with Crippen LogP contribution in [0.2, 0.25) is 0 Å². The first-order valence-corrected chi connectivity index (χ1v) is 10.2. The molecule has 0 radical (unpaired) electrons. The van der Waals surface area contributed by atoms with E-state index in [-0.39, 0.29) is 5.91 Å². The fraction of sp³-hybridized carbons (Fsp3) is 0.429. The first-order valence-electron chi connectivity index (χ1n) is 9.36. The average molecular weight is 368 g/mol. The van der Waals surface area contributed by atoms with Crippen LogP contribution in [0.3, 0.4) is 0 Å². The van der Waals surface area contributed by atoms with Gasteiger partial charge in [-0.2, -0.15) is 0 Å². The monoisotopic (exact) mass is 367 g/mol. The second kappa shape index (κ2) is 7.33. The molecule has 4 nitrogen and oxygen atoms in total. The molecule has 2 aliphatic rings. The molecule has 0 aliphatic carbocycles. The molecule has 0 bridgehead atoms. The molecule has 0 N–H and O–H groups in total. The van der Waals surface area contributed by atoms with Crippen molar-refractivity contribution in [1.82, 2.24) is 14.8 Å². The number of likely N-dealkylation sites (N-methyl/N-ethyl adjacent to an activating group) is 1. The van der Waals surface area contributed by atoms with E-state index in [0.717, 1.165) is 66.5 Å². The highest BCUT2D eigenvalue weighted by Crippen LogP contribution is 2.32. The van der Waals surface area contributed by atoms with Crippen molar-refractivity contribution in [2.24, 2.45) is 0 Å². The predicted octanol–water partition coefficient (Wildman–Crippen LogP) is 4.07. The van der Waals surface area contributed by atoms with Crippen molar-refractivity contribution in [2.45, 2.75) is 26.2 Å². The van der Waals surface area contributed by atoms with Crippen molar-refractivity contribution in [3.63, 3.8) is 0 Å².